The zero-order valence-electron chi connectivity index (χ0n) is 14.8. The first-order valence-corrected chi connectivity index (χ1v) is 8.08. The molecule has 1 heterocycles. The average Bonchev–Trinajstić information content (AvgIpc) is 2.64. The van der Waals surface area contributed by atoms with Crippen LogP contribution in [0, 0.1) is 28.4 Å². The van der Waals surface area contributed by atoms with Crippen molar-refractivity contribution in [1.82, 2.24) is 4.57 Å². The molecule has 0 fully saturated rings. The minimum atomic E-state index is -0.651. The predicted molar refractivity (Wildman–Crippen MR) is 95.0 cm³/mol. The van der Waals surface area contributed by atoms with Gasteiger partial charge >= 0.3 is 0 Å². The Balaban J connectivity index is 2.33. The smallest absolute Gasteiger partial charge is 0.271 e. The lowest BCUT2D eigenvalue weighted by Crippen LogP contribution is -2.27. The summed E-state index contributed by atoms with van der Waals surface area (Å²) in [5.41, 5.74) is -1.04. The van der Waals surface area contributed by atoms with Gasteiger partial charge in [-0.3, -0.25) is 24.3 Å². The summed E-state index contributed by atoms with van der Waals surface area (Å²) in [5, 5.41) is 30.2. The van der Waals surface area contributed by atoms with E-state index >= 15 is 0 Å². The number of hydrogen-bond donors (Lipinski definition) is 1. The Kier molecular flexibility index (Phi) is 5.92. The maximum absolute atomic E-state index is 12.6. The number of nitro groups is 1. The SMILES string of the molecule is CCCn1c(O)c(C(=O)COc2ccc([N+](=O)[O-])cc2)c(C)c(C#N)c1=O. The van der Waals surface area contributed by atoms with Crippen LogP contribution < -0.4 is 10.3 Å². The summed E-state index contributed by atoms with van der Waals surface area (Å²) < 4.78 is 6.31. The first-order valence-electron chi connectivity index (χ1n) is 8.08. The van der Waals surface area contributed by atoms with E-state index in [-0.39, 0.29) is 34.7 Å². The van der Waals surface area contributed by atoms with Gasteiger partial charge in [0, 0.05) is 18.7 Å². The predicted octanol–water partition coefficient (Wildman–Crippen LogP) is 2.31. The molecule has 9 heteroatoms. The molecule has 0 atom stereocenters. The number of aromatic hydroxyl groups is 1. The van der Waals surface area contributed by atoms with Crippen LogP contribution in [0.2, 0.25) is 0 Å². The average molecular weight is 371 g/mol. The molecule has 1 aromatic heterocycles. The molecule has 0 amide bonds. The molecule has 0 aliphatic rings. The fraction of sp³-hybridized carbons (Fsp3) is 0.278. The number of carbonyl (C=O) groups excluding carboxylic acids is 1. The molecule has 140 valence electrons. The third-order valence-corrected chi connectivity index (χ3v) is 3.94. The summed E-state index contributed by atoms with van der Waals surface area (Å²) in [4.78, 5) is 34.9. The largest absolute Gasteiger partial charge is 0.494 e. The number of rotatable bonds is 7. The number of pyridine rings is 1. The van der Waals surface area contributed by atoms with Crippen molar-refractivity contribution in [3.05, 3.63) is 61.4 Å². The second-order valence-electron chi connectivity index (χ2n) is 5.73. The molecule has 9 nitrogen and oxygen atoms in total. The lowest BCUT2D eigenvalue weighted by molar-refractivity contribution is -0.384. The second kappa shape index (κ2) is 8.14. The lowest BCUT2D eigenvalue weighted by atomic mass is 10.0. The summed E-state index contributed by atoms with van der Waals surface area (Å²) in [6, 6.07) is 6.93. The Labute approximate surface area is 154 Å². The third-order valence-electron chi connectivity index (χ3n) is 3.94. The zero-order valence-corrected chi connectivity index (χ0v) is 14.8. The van der Waals surface area contributed by atoms with Crippen molar-refractivity contribution in [3.8, 4) is 17.7 Å². The van der Waals surface area contributed by atoms with Crippen LogP contribution in [0.25, 0.3) is 0 Å². The Bertz CT molecular complexity index is 986. The molecule has 0 saturated carbocycles. The highest BCUT2D eigenvalue weighted by Crippen LogP contribution is 2.23. The van der Waals surface area contributed by atoms with Crippen LogP contribution in [0.5, 0.6) is 11.6 Å². The number of ketones is 1. The standard InChI is InChI=1S/C18H17N3O6/c1-3-8-20-17(23)14(9-19)11(2)16(18(20)24)15(22)10-27-13-6-4-12(5-7-13)21(25)26/h4-7,24H,3,8,10H2,1-2H3. The fourth-order valence-corrected chi connectivity index (χ4v) is 2.60. The Hall–Kier alpha value is -3.67. The van der Waals surface area contributed by atoms with Crippen molar-refractivity contribution >= 4 is 11.5 Å². The first kappa shape index (κ1) is 19.7. The van der Waals surface area contributed by atoms with Crippen molar-refractivity contribution in [3.63, 3.8) is 0 Å². The number of nitriles is 1. The molecule has 2 rings (SSSR count). The molecule has 0 unspecified atom stereocenters. The van der Waals surface area contributed by atoms with E-state index in [9.17, 15) is 30.1 Å². The van der Waals surface area contributed by atoms with E-state index in [1.807, 2.05) is 0 Å². The van der Waals surface area contributed by atoms with Crippen molar-refractivity contribution in [1.29, 1.82) is 5.26 Å². The highest BCUT2D eigenvalue weighted by atomic mass is 16.6. The normalized spacial score (nSPS) is 10.3. The summed E-state index contributed by atoms with van der Waals surface area (Å²) in [6.07, 6.45) is 0.522. The maximum Gasteiger partial charge on any atom is 0.271 e. The van der Waals surface area contributed by atoms with Gasteiger partial charge in [0.15, 0.2) is 6.61 Å². The van der Waals surface area contributed by atoms with Gasteiger partial charge in [-0.15, -0.1) is 0 Å². The van der Waals surface area contributed by atoms with Crippen LogP contribution in [0.3, 0.4) is 0 Å². The van der Waals surface area contributed by atoms with E-state index in [2.05, 4.69) is 0 Å². The number of carbonyl (C=O) groups is 1. The van der Waals surface area contributed by atoms with Gasteiger partial charge in [0.2, 0.25) is 11.7 Å². The van der Waals surface area contributed by atoms with E-state index in [0.29, 0.717) is 6.42 Å². The number of nitrogens with zero attached hydrogens (tertiary/aromatic N) is 3. The van der Waals surface area contributed by atoms with Gasteiger partial charge in [-0.05, 0) is 31.0 Å². The van der Waals surface area contributed by atoms with E-state index in [1.54, 1.807) is 13.0 Å². The Morgan fingerprint density at radius 1 is 1.37 bits per heavy atom. The van der Waals surface area contributed by atoms with Gasteiger partial charge in [0.1, 0.15) is 17.4 Å². The van der Waals surface area contributed by atoms with Crippen LogP contribution >= 0.6 is 0 Å². The van der Waals surface area contributed by atoms with Crippen LogP contribution in [0.15, 0.2) is 29.1 Å². The van der Waals surface area contributed by atoms with Gasteiger partial charge < -0.3 is 9.84 Å². The van der Waals surface area contributed by atoms with Crippen LogP contribution in [-0.4, -0.2) is 27.0 Å². The molecule has 0 radical (unpaired) electrons. The molecule has 0 aliphatic carbocycles. The molecule has 27 heavy (non-hydrogen) atoms. The number of aromatic nitrogens is 1. The number of non-ortho nitro benzene ring substituents is 1. The van der Waals surface area contributed by atoms with Gasteiger partial charge in [-0.25, -0.2) is 0 Å². The molecule has 2 aromatic rings. The summed E-state index contributed by atoms with van der Waals surface area (Å²) >= 11 is 0. The maximum atomic E-state index is 12.6. The molecule has 1 N–H and O–H groups in total. The molecule has 0 bridgehead atoms. The van der Waals surface area contributed by atoms with Crippen molar-refractivity contribution in [2.75, 3.05) is 6.61 Å². The van der Waals surface area contributed by atoms with E-state index in [4.69, 9.17) is 4.74 Å². The molecule has 0 aliphatic heterocycles. The third kappa shape index (κ3) is 3.95. The van der Waals surface area contributed by atoms with E-state index < -0.39 is 28.8 Å². The number of benzene rings is 1. The molecular formula is C18H17N3O6. The minimum Gasteiger partial charge on any atom is -0.494 e. The van der Waals surface area contributed by atoms with E-state index in [0.717, 1.165) is 4.57 Å². The molecule has 1 aromatic carbocycles. The summed E-state index contributed by atoms with van der Waals surface area (Å²) in [5.74, 6) is -0.895. The number of ether oxygens (including phenoxy) is 1. The number of nitro benzene ring substituents is 1. The van der Waals surface area contributed by atoms with E-state index in [1.165, 1.54) is 31.2 Å². The zero-order chi connectivity index (χ0) is 20.1. The van der Waals surface area contributed by atoms with Gasteiger partial charge in [-0.2, -0.15) is 5.26 Å². The molecular weight excluding hydrogens is 354 g/mol. The summed E-state index contributed by atoms with van der Waals surface area (Å²) in [6.45, 7) is 2.89. The highest BCUT2D eigenvalue weighted by Gasteiger charge is 2.24. The fourth-order valence-electron chi connectivity index (χ4n) is 2.60. The van der Waals surface area contributed by atoms with Crippen molar-refractivity contribution < 1.29 is 19.6 Å². The molecule has 0 saturated heterocycles. The molecule has 0 spiro atoms. The van der Waals surface area contributed by atoms with Crippen LogP contribution in [0.1, 0.15) is 34.8 Å². The Morgan fingerprint density at radius 3 is 2.52 bits per heavy atom. The minimum absolute atomic E-state index is 0.0876. The Morgan fingerprint density at radius 2 is 2.00 bits per heavy atom. The van der Waals surface area contributed by atoms with Crippen LogP contribution in [-0.2, 0) is 6.54 Å². The van der Waals surface area contributed by atoms with Gasteiger partial charge in [0.25, 0.3) is 11.2 Å². The lowest BCUT2D eigenvalue weighted by Gasteiger charge is -2.15. The number of Topliss-reactive ketones (excluding diaryl/α,β-unsaturated/α-hetero) is 1. The van der Waals surface area contributed by atoms with Crippen molar-refractivity contribution in [2.24, 2.45) is 0 Å². The first-order chi connectivity index (χ1) is 12.8. The second-order valence-corrected chi connectivity index (χ2v) is 5.73. The van der Waals surface area contributed by atoms with Gasteiger partial charge in [-0.1, -0.05) is 6.92 Å². The summed E-state index contributed by atoms with van der Waals surface area (Å²) in [7, 11) is 0. The monoisotopic (exact) mass is 371 g/mol. The van der Waals surface area contributed by atoms with Gasteiger partial charge in [0.05, 0.1) is 10.5 Å². The van der Waals surface area contributed by atoms with Crippen LogP contribution in [0.4, 0.5) is 5.69 Å². The topological polar surface area (TPSA) is 135 Å². The number of hydrogen-bond acceptors (Lipinski definition) is 7. The quantitative estimate of drug-likeness (QED) is 0.448. The van der Waals surface area contributed by atoms with Crippen molar-refractivity contribution in [2.45, 2.75) is 26.8 Å². The highest BCUT2D eigenvalue weighted by molar-refractivity contribution is 6.01.